The smallest absolute Gasteiger partial charge is 0 e. The topological polar surface area (TPSA) is 126 Å². The molecule has 7 heavy (non-hydrogen) atoms. The first-order valence-corrected chi connectivity index (χ1v) is 0. The first-order valence-electron chi connectivity index (χ1n) is 0. The van der Waals surface area contributed by atoms with E-state index in [1.807, 2.05) is 0 Å². The maximum absolute atomic E-state index is 0. The molecule has 0 aromatic carbocycles. The molecular formula is H8CuNa2O4. The summed E-state index contributed by atoms with van der Waals surface area (Å²) in [5.74, 6) is 0. The minimum Gasteiger partial charge on any atom is -0.412 e. The van der Waals surface area contributed by atoms with Gasteiger partial charge in [-0.15, -0.1) is 0 Å². The Bertz CT molecular complexity index is 9.65. The zero-order valence-corrected chi connectivity index (χ0v) is 9.24. The number of rotatable bonds is 0. The van der Waals surface area contributed by atoms with Crippen molar-refractivity contribution in [2.45, 2.75) is 0 Å². The van der Waals surface area contributed by atoms with Crippen LogP contribution >= 0.6 is 0 Å². The summed E-state index contributed by atoms with van der Waals surface area (Å²) in [5, 5.41) is 0. The van der Waals surface area contributed by atoms with Gasteiger partial charge in [-0.3, -0.25) is 0 Å². The maximum atomic E-state index is 0. The van der Waals surface area contributed by atoms with Gasteiger partial charge in [-0.1, -0.05) is 0 Å². The minimum atomic E-state index is 0. The molecule has 8 N–H and O–H groups in total. The fraction of sp³-hybridized carbons (Fsp3) is 0. The zero-order chi connectivity index (χ0) is 0. The van der Waals surface area contributed by atoms with Gasteiger partial charge >= 0.3 is 0 Å². The molecule has 4 nitrogen and oxygen atoms in total. The van der Waals surface area contributed by atoms with E-state index in [1.54, 1.807) is 0 Å². The fourth-order valence-electron chi connectivity index (χ4n) is 0. The van der Waals surface area contributed by atoms with Gasteiger partial charge in [0.25, 0.3) is 0 Å². The summed E-state index contributed by atoms with van der Waals surface area (Å²) >= 11 is 0. The molecule has 0 bridgehead atoms. The Morgan fingerprint density at radius 3 is 0.429 bits per heavy atom. The van der Waals surface area contributed by atoms with E-state index >= 15 is 0 Å². The standard InChI is InChI=1S/Cu.2Na.4H2O/h;;;4*1H2. The van der Waals surface area contributed by atoms with E-state index in [0.717, 1.165) is 0 Å². The van der Waals surface area contributed by atoms with E-state index < -0.39 is 0 Å². The quantitative estimate of drug-likeness (QED) is 0.337. The molecule has 7 heteroatoms. The van der Waals surface area contributed by atoms with Crippen LogP contribution in [0.15, 0.2) is 0 Å². The molecule has 0 aliphatic heterocycles. The third kappa shape index (κ3) is 60.7. The van der Waals surface area contributed by atoms with Crippen molar-refractivity contribution in [3.8, 4) is 0 Å². The van der Waals surface area contributed by atoms with Gasteiger partial charge in [-0.2, -0.15) is 0 Å². The summed E-state index contributed by atoms with van der Waals surface area (Å²) in [5.41, 5.74) is 0. The monoisotopic (exact) mass is 181 g/mol. The molecule has 3 radical (unpaired) electrons. The van der Waals surface area contributed by atoms with Gasteiger partial charge in [-0.25, -0.2) is 0 Å². The van der Waals surface area contributed by atoms with Crippen LogP contribution in [0, 0.1) is 0 Å². The van der Waals surface area contributed by atoms with Crippen LogP contribution in [-0.4, -0.2) is 81.0 Å². The average molecular weight is 182 g/mol. The molecular weight excluding hydrogens is 174 g/mol. The van der Waals surface area contributed by atoms with Gasteiger partial charge in [0.15, 0.2) is 0 Å². The van der Waals surface area contributed by atoms with Gasteiger partial charge in [0.2, 0.25) is 0 Å². The first-order chi connectivity index (χ1) is 0. The van der Waals surface area contributed by atoms with Gasteiger partial charge < -0.3 is 21.9 Å². The number of hydrogen-bond acceptors (Lipinski definition) is 0. The molecule has 45 valence electrons. The Kier molecular flexibility index (Phi) is 1360. The van der Waals surface area contributed by atoms with Crippen molar-refractivity contribution >= 4 is 59.1 Å². The third-order valence-electron chi connectivity index (χ3n) is 0. The second-order valence-corrected chi connectivity index (χ2v) is 0. The van der Waals surface area contributed by atoms with E-state index in [1.165, 1.54) is 0 Å². The predicted molar refractivity (Wildman–Crippen MR) is 26.0 cm³/mol. The second kappa shape index (κ2) is 81.3. The zero-order valence-electron chi connectivity index (χ0n) is 4.30. The van der Waals surface area contributed by atoms with Crippen molar-refractivity contribution < 1.29 is 39.0 Å². The molecule has 0 saturated heterocycles. The van der Waals surface area contributed by atoms with E-state index in [4.69, 9.17) is 0 Å². The maximum Gasteiger partial charge on any atom is 0 e. The predicted octanol–water partition coefficient (Wildman–Crippen LogP) is -4.06. The van der Waals surface area contributed by atoms with Crippen LogP contribution in [0.1, 0.15) is 0 Å². The van der Waals surface area contributed by atoms with E-state index in [2.05, 4.69) is 0 Å². The Hall–Kier alpha value is 2.36. The van der Waals surface area contributed by atoms with Crippen molar-refractivity contribution in [1.82, 2.24) is 0 Å². The summed E-state index contributed by atoms with van der Waals surface area (Å²) in [6.45, 7) is 0. The molecule has 0 aliphatic carbocycles. The van der Waals surface area contributed by atoms with Crippen LogP contribution in [0.3, 0.4) is 0 Å². The van der Waals surface area contributed by atoms with E-state index in [9.17, 15) is 0 Å². The normalized spacial score (nSPS) is 0. The Morgan fingerprint density at radius 1 is 0.429 bits per heavy atom. The Morgan fingerprint density at radius 2 is 0.429 bits per heavy atom. The van der Waals surface area contributed by atoms with Crippen LogP contribution in [-0.2, 0) is 17.1 Å². The largest absolute Gasteiger partial charge is 0.412 e. The summed E-state index contributed by atoms with van der Waals surface area (Å²) in [7, 11) is 0. The van der Waals surface area contributed by atoms with Crippen LogP contribution in [0.25, 0.3) is 0 Å². The molecule has 0 atom stereocenters. The number of hydrogen-bond donors (Lipinski definition) is 0. The molecule has 0 aliphatic rings. The first kappa shape index (κ1) is 117. The van der Waals surface area contributed by atoms with E-state index in [0.29, 0.717) is 0 Å². The second-order valence-electron chi connectivity index (χ2n) is 0. The van der Waals surface area contributed by atoms with Crippen LogP contribution < -0.4 is 0 Å². The summed E-state index contributed by atoms with van der Waals surface area (Å²) in [6, 6.07) is 0. The Labute approximate surface area is 96.7 Å². The summed E-state index contributed by atoms with van der Waals surface area (Å²) in [4.78, 5) is 0. The van der Waals surface area contributed by atoms with Crippen molar-refractivity contribution in [2.75, 3.05) is 0 Å². The minimum absolute atomic E-state index is 0. The summed E-state index contributed by atoms with van der Waals surface area (Å²) < 4.78 is 0. The molecule has 0 fully saturated rings. The summed E-state index contributed by atoms with van der Waals surface area (Å²) in [6.07, 6.45) is 0. The van der Waals surface area contributed by atoms with Crippen LogP contribution in [0.4, 0.5) is 0 Å². The molecule has 0 rings (SSSR count). The van der Waals surface area contributed by atoms with Crippen molar-refractivity contribution in [1.29, 1.82) is 0 Å². The third-order valence-corrected chi connectivity index (χ3v) is 0. The molecule has 0 spiro atoms. The van der Waals surface area contributed by atoms with Crippen molar-refractivity contribution in [3.63, 3.8) is 0 Å². The van der Waals surface area contributed by atoms with Crippen LogP contribution in [0.2, 0.25) is 0 Å². The fourth-order valence-corrected chi connectivity index (χ4v) is 0. The van der Waals surface area contributed by atoms with Crippen molar-refractivity contribution in [2.24, 2.45) is 0 Å². The molecule has 0 saturated carbocycles. The Balaban J connectivity index is 0. The van der Waals surface area contributed by atoms with Crippen molar-refractivity contribution in [3.05, 3.63) is 0 Å². The molecule has 0 amide bonds. The molecule has 0 heterocycles. The van der Waals surface area contributed by atoms with Gasteiger partial charge in [0.1, 0.15) is 0 Å². The molecule has 0 aromatic rings. The molecule has 0 aromatic heterocycles. The van der Waals surface area contributed by atoms with Gasteiger partial charge in [0.05, 0.1) is 0 Å². The van der Waals surface area contributed by atoms with E-state index in [-0.39, 0.29) is 98.1 Å². The van der Waals surface area contributed by atoms with Gasteiger partial charge in [0, 0.05) is 76.2 Å². The van der Waals surface area contributed by atoms with Crippen LogP contribution in [0.5, 0.6) is 0 Å². The molecule has 0 unspecified atom stereocenters. The van der Waals surface area contributed by atoms with Gasteiger partial charge in [-0.05, 0) is 0 Å². The average Bonchev–Trinajstić information content (AvgIpc) is 0. The SMILES string of the molecule is O.O.O.O.[Cu].[Na].[Na].